The lowest BCUT2D eigenvalue weighted by Gasteiger charge is -2.09. The molecule has 3 aromatic carbocycles. The lowest BCUT2D eigenvalue weighted by atomic mass is 10.1. The van der Waals surface area contributed by atoms with E-state index in [9.17, 15) is 4.79 Å². The molecule has 0 fully saturated rings. The Labute approximate surface area is 162 Å². The first-order valence-corrected chi connectivity index (χ1v) is 9.09. The topological polar surface area (TPSA) is 50.7 Å². The lowest BCUT2D eigenvalue weighted by molar-refractivity contribution is -0.123. The zero-order chi connectivity index (χ0) is 17.6. The predicted octanol–water partition coefficient (Wildman–Crippen LogP) is 4.89. The van der Waals surface area contributed by atoms with Gasteiger partial charge in [0.05, 0.1) is 10.7 Å². The monoisotopic (exact) mass is 460 g/mol. The van der Waals surface area contributed by atoms with Gasteiger partial charge in [-0.25, -0.2) is 5.43 Å². The molecule has 0 radical (unpaired) electrons. The van der Waals surface area contributed by atoms with Crippen LogP contribution in [0.15, 0.2) is 74.7 Å². The standard InChI is InChI=1S/C19H14Br2N2O2/c20-15-8-5-13(6-9-15)11-22-23-18(24)12-25-17-10-7-14-3-1-2-4-16(14)19(17)21/h1-11H,12H2,(H,23,24). The van der Waals surface area contributed by atoms with Gasteiger partial charge in [-0.3, -0.25) is 4.79 Å². The minimum atomic E-state index is -0.326. The fourth-order valence-corrected chi connectivity index (χ4v) is 3.10. The van der Waals surface area contributed by atoms with Gasteiger partial charge >= 0.3 is 0 Å². The number of hydrogen-bond donors (Lipinski definition) is 1. The molecule has 0 aliphatic rings. The van der Waals surface area contributed by atoms with Crippen LogP contribution in [0.4, 0.5) is 0 Å². The van der Waals surface area contributed by atoms with Gasteiger partial charge in [-0.05, 0) is 50.5 Å². The van der Waals surface area contributed by atoms with E-state index in [0.717, 1.165) is 25.3 Å². The molecule has 0 spiro atoms. The molecule has 4 nitrogen and oxygen atoms in total. The summed E-state index contributed by atoms with van der Waals surface area (Å²) in [5, 5.41) is 6.06. The third-order valence-corrected chi connectivity index (χ3v) is 4.81. The Hall–Kier alpha value is -2.18. The van der Waals surface area contributed by atoms with E-state index in [1.165, 1.54) is 0 Å². The molecule has 0 heterocycles. The third-order valence-electron chi connectivity index (χ3n) is 3.46. The molecule has 3 rings (SSSR count). The quantitative estimate of drug-likeness (QED) is 0.434. The maximum absolute atomic E-state index is 11.9. The molecule has 0 unspecified atom stereocenters. The Balaban J connectivity index is 1.57. The third kappa shape index (κ3) is 4.67. The van der Waals surface area contributed by atoms with Gasteiger partial charge in [0.2, 0.25) is 0 Å². The summed E-state index contributed by atoms with van der Waals surface area (Å²) in [5.41, 5.74) is 3.34. The first-order valence-electron chi connectivity index (χ1n) is 7.51. The zero-order valence-electron chi connectivity index (χ0n) is 13.1. The van der Waals surface area contributed by atoms with Crippen LogP contribution < -0.4 is 10.2 Å². The lowest BCUT2D eigenvalue weighted by Crippen LogP contribution is -2.24. The smallest absolute Gasteiger partial charge is 0.277 e. The summed E-state index contributed by atoms with van der Waals surface area (Å²) in [7, 11) is 0. The Morgan fingerprint density at radius 1 is 1.04 bits per heavy atom. The van der Waals surface area contributed by atoms with Crippen LogP contribution in [0, 0.1) is 0 Å². The maximum Gasteiger partial charge on any atom is 0.277 e. The Morgan fingerprint density at radius 2 is 1.80 bits per heavy atom. The number of carbonyl (C=O) groups excluding carboxylic acids is 1. The largest absolute Gasteiger partial charge is 0.483 e. The summed E-state index contributed by atoms with van der Waals surface area (Å²) in [6, 6.07) is 19.3. The molecule has 0 atom stereocenters. The molecular weight excluding hydrogens is 448 g/mol. The molecule has 25 heavy (non-hydrogen) atoms. The molecule has 3 aromatic rings. The Bertz CT molecular complexity index is 924. The van der Waals surface area contributed by atoms with Crippen molar-refractivity contribution in [1.82, 2.24) is 5.43 Å². The highest BCUT2D eigenvalue weighted by Crippen LogP contribution is 2.32. The fraction of sp³-hybridized carbons (Fsp3) is 0.0526. The molecule has 6 heteroatoms. The van der Waals surface area contributed by atoms with Gasteiger partial charge in [-0.15, -0.1) is 0 Å². The van der Waals surface area contributed by atoms with Gasteiger partial charge in [0, 0.05) is 4.47 Å². The van der Waals surface area contributed by atoms with Crippen molar-refractivity contribution in [1.29, 1.82) is 0 Å². The van der Waals surface area contributed by atoms with Crippen LogP contribution in [0.3, 0.4) is 0 Å². The number of benzene rings is 3. The predicted molar refractivity (Wildman–Crippen MR) is 107 cm³/mol. The van der Waals surface area contributed by atoms with Crippen molar-refractivity contribution in [3.8, 4) is 5.75 Å². The molecule has 1 amide bonds. The van der Waals surface area contributed by atoms with Crippen LogP contribution >= 0.6 is 31.9 Å². The highest BCUT2D eigenvalue weighted by atomic mass is 79.9. The summed E-state index contributed by atoms with van der Waals surface area (Å²) < 4.78 is 7.41. The second-order valence-corrected chi connectivity index (χ2v) is 6.94. The Kier molecular flexibility index (Phi) is 5.83. The van der Waals surface area contributed by atoms with Gasteiger partial charge < -0.3 is 4.74 Å². The fourth-order valence-electron chi connectivity index (χ4n) is 2.23. The highest BCUT2D eigenvalue weighted by molar-refractivity contribution is 9.11. The molecule has 0 bridgehead atoms. The summed E-state index contributed by atoms with van der Waals surface area (Å²) >= 11 is 6.90. The van der Waals surface area contributed by atoms with Crippen molar-refractivity contribution < 1.29 is 9.53 Å². The second kappa shape index (κ2) is 8.27. The molecule has 0 aliphatic heterocycles. The van der Waals surface area contributed by atoms with Crippen LogP contribution in [0.5, 0.6) is 5.75 Å². The van der Waals surface area contributed by atoms with E-state index in [0.29, 0.717) is 5.75 Å². The molecule has 0 aromatic heterocycles. The van der Waals surface area contributed by atoms with Crippen LogP contribution in [0.25, 0.3) is 10.8 Å². The van der Waals surface area contributed by atoms with E-state index in [1.54, 1.807) is 6.21 Å². The van der Waals surface area contributed by atoms with Gasteiger partial charge in [0.15, 0.2) is 6.61 Å². The molecule has 0 saturated carbocycles. The van der Waals surface area contributed by atoms with Crippen LogP contribution in [0.1, 0.15) is 5.56 Å². The van der Waals surface area contributed by atoms with Crippen LogP contribution in [-0.4, -0.2) is 18.7 Å². The molecule has 1 N–H and O–H groups in total. The number of nitrogens with one attached hydrogen (secondary N) is 1. The van der Waals surface area contributed by atoms with Crippen molar-refractivity contribution in [2.45, 2.75) is 0 Å². The number of nitrogens with zero attached hydrogens (tertiary/aromatic N) is 1. The van der Waals surface area contributed by atoms with Crippen molar-refractivity contribution in [3.05, 3.63) is 75.2 Å². The number of hydrazone groups is 1. The van der Waals surface area contributed by atoms with Gasteiger partial charge in [-0.1, -0.05) is 58.4 Å². The van der Waals surface area contributed by atoms with E-state index in [-0.39, 0.29) is 12.5 Å². The van der Waals surface area contributed by atoms with E-state index in [2.05, 4.69) is 42.4 Å². The molecule has 0 aliphatic carbocycles. The maximum atomic E-state index is 11.9. The summed E-state index contributed by atoms with van der Waals surface area (Å²) in [6.45, 7) is -0.116. The highest BCUT2D eigenvalue weighted by Gasteiger charge is 2.08. The van der Waals surface area contributed by atoms with Crippen molar-refractivity contribution in [2.75, 3.05) is 6.61 Å². The summed E-state index contributed by atoms with van der Waals surface area (Å²) in [4.78, 5) is 11.9. The average molecular weight is 462 g/mol. The van der Waals surface area contributed by atoms with Crippen molar-refractivity contribution in [3.63, 3.8) is 0 Å². The van der Waals surface area contributed by atoms with E-state index < -0.39 is 0 Å². The van der Waals surface area contributed by atoms with E-state index in [1.807, 2.05) is 60.7 Å². The summed E-state index contributed by atoms with van der Waals surface area (Å²) in [6.07, 6.45) is 1.58. The van der Waals surface area contributed by atoms with Gasteiger partial charge in [0.25, 0.3) is 5.91 Å². The molecular formula is C19H14Br2N2O2. The van der Waals surface area contributed by atoms with E-state index in [4.69, 9.17) is 4.74 Å². The normalized spacial score (nSPS) is 11.0. The number of rotatable bonds is 5. The minimum Gasteiger partial charge on any atom is -0.483 e. The SMILES string of the molecule is O=C(COc1ccc2ccccc2c1Br)NN=Cc1ccc(Br)cc1. The first kappa shape index (κ1) is 17.6. The average Bonchev–Trinajstić information content (AvgIpc) is 2.63. The van der Waals surface area contributed by atoms with Crippen LogP contribution in [0.2, 0.25) is 0 Å². The van der Waals surface area contributed by atoms with Gasteiger partial charge in [-0.2, -0.15) is 5.10 Å². The number of fused-ring (bicyclic) bond motifs is 1. The molecule has 126 valence electrons. The first-order chi connectivity index (χ1) is 12.1. The Morgan fingerprint density at radius 3 is 2.60 bits per heavy atom. The van der Waals surface area contributed by atoms with E-state index >= 15 is 0 Å². The number of amides is 1. The number of halogens is 2. The molecule has 0 saturated heterocycles. The van der Waals surface area contributed by atoms with Crippen LogP contribution in [-0.2, 0) is 4.79 Å². The minimum absolute atomic E-state index is 0.116. The van der Waals surface area contributed by atoms with Crippen molar-refractivity contribution in [2.24, 2.45) is 5.10 Å². The number of carbonyl (C=O) groups is 1. The zero-order valence-corrected chi connectivity index (χ0v) is 16.2. The second-order valence-electron chi connectivity index (χ2n) is 5.23. The summed E-state index contributed by atoms with van der Waals surface area (Å²) in [5.74, 6) is 0.291. The van der Waals surface area contributed by atoms with Gasteiger partial charge in [0.1, 0.15) is 5.75 Å². The number of ether oxygens (including phenoxy) is 1. The number of hydrogen-bond acceptors (Lipinski definition) is 3. The van der Waals surface area contributed by atoms with Crippen molar-refractivity contribution >= 4 is 54.8 Å².